The number of hydrogen-bond donors (Lipinski definition) is 2. The molecule has 16 heavy (non-hydrogen) atoms. The molecule has 2 heterocycles. The van der Waals surface area contributed by atoms with Gasteiger partial charge < -0.3 is 15.2 Å². The average molecular weight is 222 g/mol. The number of H-pyrrole nitrogens is 1. The van der Waals surface area contributed by atoms with Gasteiger partial charge in [0.25, 0.3) is 0 Å². The minimum absolute atomic E-state index is 0.620. The van der Waals surface area contributed by atoms with Gasteiger partial charge in [-0.15, -0.1) is 0 Å². The number of nitrogens with one attached hydrogen (secondary N) is 2. The molecule has 4 nitrogen and oxygen atoms in total. The zero-order valence-corrected chi connectivity index (χ0v) is 10.4. The standard InChI is InChI=1S/C12H22N4/c1-9-7-16(3)10(2)4-12(9)14-6-11-5-13-8-15-11/h5,8-10,12,14H,4,6-7H2,1-3H3,(H,13,15). The van der Waals surface area contributed by atoms with Gasteiger partial charge >= 0.3 is 0 Å². The molecule has 1 aliphatic rings. The Morgan fingerprint density at radius 2 is 2.38 bits per heavy atom. The predicted octanol–water partition coefficient (Wildman–Crippen LogP) is 1.23. The Labute approximate surface area is 97.4 Å². The number of rotatable bonds is 3. The molecule has 0 spiro atoms. The van der Waals surface area contributed by atoms with E-state index in [0.717, 1.165) is 6.54 Å². The van der Waals surface area contributed by atoms with E-state index in [1.54, 1.807) is 6.33 Å². The van der Waals surface area contributed by atoms with Crippen molar-refractivity contribution in [2.45, 2.75) is 38.9 Å². The Morgan fingerprint density at radius 3 is 3.06 bits per heavy atom. The summed E-state index contributed by atoms with van der Waals surface area (Å²) < 4.78 is 0. The van der Waals surface area contributed by atoms with E-state index in [2.05, 4.69) is 41.1 Å². The van der Waals surface area contributed by atoms with Crippen LogP contribution in [0.2, 0.25) is 0 Å². The van der Waals surface area contributed by atoms with Gasteiger partial charge in [-0.05, 0) is 26.3 Å². The van der Waals surface area contributed by atoms with Crippen LogP contribution in [0.4, 0.5) is 0 Å². The second kappa shape index (κ2) is 4.97. The normalized spacial score (nSPS) is 31.8. The molecular weight excluding hydrogens is 200 g/mol. The van der Waals surface area contributed by atoms with Crippen LogP contribution in [-0.2, 0) is 6.54 Å². The van der Waals surface area contributed by atoms with Crippen LogP contribution in [-0.4, -0.2) is 40.5 Å². The Balaban J connectivity index is 1.85. The molecule has 1 aromatic rings. The fourth-order valence-electron chi connectivity index (χ4n) is 2.45. The lowest BCUT2D eigenvalue weighted by molar-refractivity contribution is 0.121. The summed E-state index contributed by atoms with van der Waals surface area (Å²) >= 11 is 0. The van der Waals surface area contributed by atoms with E-state index >= 15 is 0 Å². The molecule has 90 valence electrons. The van der Waals surface area contributed by atoms with Crippen LogP contribution in [0.5, 0.6) is 0 Å². The first-order valence-corrected chi connectivity index (χ1v) is 6.07. The highest BCUT2D eigenvalue weighted by molar-refractivity contribution is 4.95. The Bertz CT molecular complexity index is 309. The Kier molecular flexibility index (Phi) is 3.61. The molecule has 3 atom stereocenters. The highest BCUT2D eigenvalue weighted by Crippen LogP contribution is 2.20. The molecule has 0 bridgehead atoms. The molecular formula is C12H22N4. The van der Waals surface area contributed by atoms with E-state index in [0.29, 0.717) is 18.0 Å². The number of piperidine rings is 1. The van der Waals surface area contributed by atoms with Crippen molar-refractivity contribution < 1.29 is 0 Å². The van der Waals surface area contributed by atoms with Gasteiger partial charge in [0.05, 0.1) is 6.33 Å². The molecule has 0 saturated carbocycles. The van der Waals surface area contributed by atoms with Crippen molar-refractivity contribution in [1.29, 1.82) is 0 Å². The summed E-state index contributed by atoms with van der Waals surface area (Å²) in [5.74, 6) is 0.712. The lowest BCUT2D eigenvalue weighted by Crippen LogP contribution is -2.50. The van der Waals surface area contributed by atoms with E-state index in [9.17, 15) is 0 Å². The predicted molar refractivity (Wildman–Crippen MR) is 65.1 cm³/mol. The van der Waals surface area contributed by atoms with Crippen molar-refractivity contribution in [3.05, 3.63) is 18.2 Å². The minimum atomic E-state index is 0.620. The highest BCUT2D eigenvalue weighted by Gasteiger charge is 2.28. The van der Waals surface area contributed by atoms with Crippen LogP contribution < -0.4 is 5.32 Å². The quantitative estimate of drug-likeness (QED) is 0.808. The van der Waals surface area contributed by atoms with Crippen molar-refractivity contribution in [3.8, 4) is 0 Å². The topological polar surface area (TPSA) is 44.0 Å². The molecule has 1 aliphatic heterocycles. The minimum Gasteiger partial charge on any atom is -0.347 e. The van der Waals surface area contributed by atoms with Crippen LogP contribution in [0, 0.1) is 5.92 Å². The van der Waals surface area contributed by atoms with Gasteiger partial charge in [0.2, 0.25) is 0 Å². The third-order valence-electron chi connectivity index (χ3n) is 3.72. The zero-order chi connectivity index (χ0) is 11.5. The van der Waals surface area contributed by atoms with Crippen LogP contribution in [0.1, 0.15) is 26.0 Å². The third kappa shape index (κ3) is 2.62. The van der Waals surface area contributed by atoms with Crippen molar-refractivity contribution in [2.75, 3.05) is 13.6 Å². The zero-order valence-electron chi connectivity index (χ0n) is 10.4. The van der Waals surface area contributed by atoms with Crippen LogP contribution in [0.3, 0.4) is 0 Å². The second-order valence-electron chi connectivity index (χ2n) is 5.07. The third-order valence-corrected chi connectivity index (χ3v) is 3.72. The number of aromatic nitrogens is 2. The van der Waals surface area contributed by atoms with Gasteiger partial charge in [-0.25, -0.2) is 4.98 Å². The number of hydrogen-bond acceptors (Lipinski definition) is 3. The molecule has 0 radical (unpaired) electrons. The highest BCUT2D eigenvalue weighted by atomic mass is 15.2. The lowest BCUT2D eigenvalue weighted by atomic mass is 9.90. The molecule has 3 unspecified atom stereocenters. The maximum Gasteiger partial charge on any atom is 0.0922 e. The van der Waals surface area contributed by atoms with Gasteiger partial charge in [0.15, 0.2) is 0 Å². The van der Waals surface area contributed by atoms with Crippen molar-refractivity contribution >= 4 is 0 Å². The summed E-state index contributed by atoms with van der Waals surface area (Å²) in [4.78, 5) is 9.60. The first-order chi connectivity index (χ1) is 7.66. The fraction of sp³-hybridized carbons (Fsp3) is 0.750. The van der Waals surface area contributed by atoms with E-state index < -0.39 is 0 Å². The van der Waals surface area contributed by atoms with E-state index in [4.69, 9.17) is 0 Å². The van der Waals surface area contributed by atoms with Gasteiger partial charge in [0, 0.05) is 37.1 Å². The summed E-state index contributed by atoms with van der Waals surface area (Å²) in [6.07, 6.45) is 4.85. The molecule has 1 aromatic heterocycles. The van der Waals surface area contributed by atoms with Crippen molar-refractivity contribution in [3.63, 3.8) is 0 Å². The van der Waals surface area contributed by atoms with Crippen molar-refractivity contribution in [1.82, 2.24) is 20.2 Å². The molecule has 0 amide bonds. The van der Waals surface area contributed by atoms with Gasteiger partial charge in [-0.2, -0.15) is 0 Å². The maximum absolute atomic E-state index is 4.03. The number of nitrogens with zero attached hydrogens (tertiary/aromatic N) is 2. The number of imidazole rings is 1. The molecule has 4 heteroatoms. The largest absolute Gasteiger partial charge is 0.347 e. The monoisotopic (exact) mass is 222 g/mol. The lowest BCUT2D eigenvalue weighted by Gasteiger charge is -2.40. The molecule has 0 aromatic carbocycles. The Morgan fingerprint density at radius 1 is 1.56 bits per heavy atom. The SMILES string of the molecule is CC1CN(C)C(C)CC1NCc1cnc[nH]1. The summed E-state index contributed by atoms with van der Waals surface area (Å²) in [6.45, 7) is 6.71. The van der Waals surface area contributed by atoms with Crippen molar-refractivity contribution in [2.24, 2.45) is 5.92 Å². The first kappa shape index (κ1) is 11.6. The fourth-order valence-corrected chi connectivity index (χ4v) is 2.45. The van der Waals surface area contributed by atoms with Crippen LogP contribution >= 0.6 is 0 Å². The van der Waals surface area contributed by atoms with Crippen LogP contribution in [0.15, 0.2) is 12.5 Å². The van der Waals surface area contributed by atoms with E-state index in [-0.39, 0.29) is 0 Å². The second-order valence-corrected chi connectivity index (χ2v) is 5.07. The molecule has 1 saturated heterocycles. The Hall–Kier alpha value is -0.870. The molecule has 2 N–H and O–H groups in total. The molecule has 0 aliphatic carbocycles. The molecule has 2 rings (SSSR count). The van der Waals surface area contributed by atoms with E-state index in [1.165, 1.54) is 18.7 Å². The summed E-state index contributed by atoms with van der Waals surface area (Å²) in [5.41, 5.74) is 1.17. The van der Waals surface area contributed by atoms with Gasteiger partial charge in [-0.3, -0.25) is 0 Å². The van der Waals surface area contributed by atoms with Crippen LogP contribution in [0.25, 0.3) is 0 Å². The molecule has 1 fully saturated rings. The van der Waals surface area contributed by atoms with Gasteiger partial charge in [-0.1, -0.05) is 6.92 Å². The smallest absolute Gasteiger partial charge is 0.0922 e. The summed E-state index contributed by atoms with van der Waals surface area (Å²) in [7, 11) is 2.21. The summed E-state index contributed by atoms with van der Waals surface area (Å²) in [5, 5.41) is 3.63. The maximum atomic E-state index is 4.03. The average Bonchev–Trinajstić information content (AvgIpc) is 2.74. The summed E-state index contributed by atoms with van der Waals surface area (Å²) in [6, 6.07) is 1.30. The first-order valence-electron chi connectivity index (χ1n) is 6.07. The number of aromatic amines is 1. The number of likely N-dealkylation sites (tertiary alicyclic amines) is 1. The van der Waals surface area contributed by atoms with Gasteiger partial charge in [0.1, 0.15) is 0 Å². The van der Waals surface area contributed by atoms with E-state index in [1.807, 2.05) is 6.20 Å².